The number of fused-ring (bicyclic) bond motifs is 1. The minimum absolute atomic E-state index is 0.0904. The largest absolute Gasteiger partial charge is 0.454 e. The van der Waals surface area contributed by atoms with Crippen LogP contribution in [0.3, 0.4) is 0 Å². The van der Waals surface area contributed by atoms with Gasteiger partial charge in [0.1, 0.15) is 11.6 Å². The predicted molar refractivity (Wildman–Crippen MR) is 80.5 cm³/mol. The Hall–Kier alpha value is -2.72. The van der Waals surface area contributed by atoms with Crippen molar-refractivity contribution in [3.05, 3.63) is 35.5 Å². The van der Waals surface area contributed by atoms with Crippen molar-refractivity contribution >= 4 is 5.91 Å². The number of nitrogens with zero attached hydrogens (tertiary/aromatic N) is 2. The van der Waals surface area contributed by atoms with Gasteiger partial charge in [-0.25, -0.2) is 0 Å². The number of morpholine rings is 1. The standard InChI is InChI=1S/C16H17N3O4/c17-8-13(10-19-3-5-21-6-4-19)16(20)18-9-12-1-2-14-15(7-12)23-11-22-14/h1-2,7,10H,3-6,9,11H2,(H,18,20)/b13-10-. The summed E-state index contributed by atoms with van der Waals surface area (Å²) in [6.45, 7) is 3.10. The van der Waals surface area contributed by atoms with E-state index in [9.17, 15) is 10.1 Å². The van der Waals surface area contributed by atoms with Gasteiger partial charge in [0.25, 0.3) is 5.91 Å². The summed E-state index contributed by atoms with van der Waals surface area (Å²) >= 11 is 0. The van der Waals surface area contributed by atoms with Crippen molar-refractivity contribution in [1.82, 2.24) is 10.2 Å². The third-order valence-corrected chi connectivity index (χ3v) is 3.61. The van der Waals surface area contributed by atoms with E-state index in [1.165, 1.54) is 0 Å². The van der Waals surface area contributed by atoms with E-state index in [4.69, 9.17) is 14.2 Å². The van der Waals surface area contributed by atoms with E-state index in [-0.39, 0.29) is 12.4 Å². The zero-order valence-corrected chi connectivity index (χ0v) is 12.6. The maximum atomic E-state index is 12.1. The van der Waals surface area contributed by atoms with E-state index in [1.54, 1.807) is 12.3 Å². The molecule has 120 valence electrons. The molecular weight excluding hydrogens is 298 g/mol. The predicted octanol–water partition coefficient (Wildman–Crippen LogP) is 0.771. The minimum Gasteiger partial charge on any atom is -0.454 e. The summed E-state index contributed by atoms with van der Waals surface area (Å²) in [6, 6.07) is 7.43. The average molecular weight is 315 g/mol. The van der Waals surface area contributed by atoms with Crippen LogP contribution in [0.15, 0.2) is 30.0 Å². The summed E-state index contributed by atoms with van der Waals surface area (Å²) in [6.07, 6.45) is 1.59. The molecule has 0 radical (unpaired) electrons. The molecule has 1 fully saturated rings. The molecule has 1 N–H and O–H groups in total. The maximum absolute atomic E-state index is 12.1. The van der Waals surface area contributed by atoms with Gasteiger partial charge in [-0.1, -0.05) is 6.07 Å². The second kappa shape index (κ2) is 7.03. The highest BCUT2D eigenvalue weighted by atomic mass is 16.7. The van der Waals surface area contributed by atoms with Crippen molar-refractivity contribution in [3.63, 3.8) is 0 Å². The second-order valence-corrected chi connectivity index (χ2v) is 5.17. The first-order valence-electron chi connectivity index (χ1n) is 7.37. The third-order valence-electron chi connectivity index (χ3n) is 3.61. The molecule has 1 saturated heterocycles. The van der Waals surface area contributed by atoms with E-state index in [1.807, 2.05) is 23.1 Å². The van der Waals surface area contributed by atoms with Gasteiger partial charge in [-0.15, -0.1) is 0 Å². The number of hydrogen-bond donors (Lipinski definition) is 1. The summed E-state index contributed by atoms with van der Waals surface area (Å²) in [7, 11) is 0. The lowest BCUT2D eigenvalue weighted by atomic mass is 10.2. The third kappa shape index (κ3) is 3.73. The van der Waals surface area contributed by atoms with Crippen LogP contribution in [0.2, 0.25) is 0 Å². The molecule has 1 aromatic carbocycles. The first-order valence-corrected chi connectivity index (χ1v) is 7.37. The summed E-state index contributed by atoms with van der Waals surface area (Å²) < 4.78 is 15.8. The molecule has 0 unspecified atom stereocenters. The fraction of sp³-hybridized carbons (Fsp3) is 0.375. The van der Waals surface area contributed by atoms with Gasteiger partial charge in [-0.2, -0.15) is 5.26 Å². The lowest BCUT2D eigenvalue weighted by Crippen LogP contribution is -2.33. The number of ether oxygens (including phenoxy) is 3. The van der Waals surface area contributed by atoms with E-state index in [2.05, 4.69) is 5.32 Å². The van der Waals surface area contributed by atoms with Crippen molar-refractivity contribution in [2.75, 3.05) is 33.1 Å². The van der Waals surface area contributed by atoms with Gasteiger partial charge in [0, 0.05) is 25.8 Å². The molecule has 2 aliphatic heterocycles. The monoisotopic (exact) mass is 315 g/mol. The normalized spacial score (nSPS) is 16.8. The number of carbonyl (C=O) groups excluding carboxylic acids is 1. The van der Waals surface area contributed by atoms with Gasteiger partial charge in [0.15, 0.2) is 11.5 Å². The van der Waals surface area contributed by atoms with Crippen molar-refractivity contribution in [2.24, 2.45) is 0 Å². The van der Waals surface area contributed by atoms with Crippen molar-refractivity contribution < 1.29 is 19.0 Å². The molecule has 2 heterocycles. The zero-order valence-electron chi connectivity index (χ0n) is 12.6. The van der Waals surface area contributed by atoms with E-state index >= 15 is 0 Å². The summed E-state index contributed by atoms with van der Waals surface area (Å²) in [5.41, 5.74) is 0.971. The Morgan fingerprint density at radius 3 is 2.87 bits per heavy atom. The van der Waals surface area contributed by atoms with Gasteiger partial charge >= 0.3 is 0 Å². The summed E-state index contributed by atoms with van der Waals surface area (Å²) in [5.74, 6) is 0.975. The molecule has 0 spiro atoms. The molecule has 0 saturated carbocycles. The molecule has 7 nitrogen and oxygen atoms in total. The Morgan fingerprint density at radius 2 is 2.09 bits per heavy atom. The molecule has 2 aliphatic rings. The Kier molecular flexibility index (Phi) is 4.64. The van der Waals surface area contributed by atoms with Crippen LogP contribution >= 0.6 is 0 Å². The number of benzene rings is 1. The molecular formula is C16H17N3O4. The first kappa shape index (κ1) is 15.2. The van der Waals surface area contributed by atoms with Crippen molar-refractivity contribution in [1.29, 1.82) is 5.26 Å². The van der Waals surface area contributed by atoms with Crippen molar-refractivity contribution in [3.8, 4) is 17.6 Å². The molecule has 1 amide bonds. The molecule has 0 bridgehead atoms. The van der Waals surface area contributed by atoms with Gasteiger partial charge in [0.2, 0.25) is 6.79 Å². The first-order chi connectivity index (χ1) is 11.3. The van der Waals surface area contributed by atoms with Crippen LogP contribution < -0.4 is 14.8 Å². The fourth-order valence-electron chi connectivity index (χ4n) is 2.36. The Labute approximate surface area is 134 Å². The lowest BCUT2D eigenvalue weighted by molar-refractivity contribution is -0.117. The lowest BCUT2D eigenvalue weighted by Gasteiger charge is -2.25. The van der Waals surface area contributed by atoms with Crippen LogP contribution in [0.4, 0.5) is 0 Å². The fourth-order valence-corrected chi connectivity index (χ4v) is 2.36. The number of amides is 1. The zero-order chi connectivity index (χ0) is 16.1. The molecule has 0 atom stereocenters. The number of rotatable bonds is 4. The number of nitriles is 1. The number of hydrogen-bond acceptors (Lipinski definition) is 6. The second-order valence-electron chi connectivity index (χ2n) is 5.17. The van der Waals surface area contributed by atoms with Crippen LogP contribution in [0.25, 0.3) is 0 Å². The van der Waals surface area contributed by atoms with Gasteiger partial charge in [0.05, 0.1) is 13.2 Å². The summed E-state index contributed by atoms with van der Waals surface area (Å²) in [5, 5.41) is 11.9. The van der Waals surface area contributed by atoms with Crippen LogP contribution in [-0.2, 0) is 16.1 Å². The highest BCUT2D eigenvalue weighted by molar-refractivity contribution is 5.97. The molecule has 0 aliphatic carbocycles. The van der Waals surface area contributed by atoms with Crippen LogP contribution in [0.5, 0.6) is 11.5 Å². The molecule has 0 aromatic heterocycles. The van der Waals surface area contributed by atoms with E-state index in [0.29, 0.717) is 44.3 Å². The van der Waals surface area contributed by atoms with Crippen LogP contribution in [0.1, 0.15) is 5.56 Å². The Balaban J connectivity index is 1.59. The van der Waals surface area contributed by atoms with E-state index in [0.717, 1.165) is 5.56 Å². The quantitative estimate of drug-likeness (QED) is 0.653. The average Bonchev–Trinajstić information content (AvgIpc) is 3.06. The van der Waals surface area contributed by atoms with Crippen LogP contribution in [0, 0.1) is 11.3 Å². The van der Waals surface area contributed by atoms with Gasteiger partial charge in [-0.3, -0.25) is 4.79 Å². The molecule has 23 heavy (non-hydrogen) atoms. The van der Waals surface area contributed by atoms with E-state index < -0.39 is 5.91 Å². The highest BCUT2D eigenvalue weighted by Gasteiger charge is 2.15. The molecule has 7 heteroatoms. The topological polar surface area (TPSA) is 83.8 Å². The molecule has 1 aromatic rings. The molecule has 3 rings (SSSR count). The van der Waals surface area contributed by atoms with Crippen molar-refractivity contribution in [2.45, 2.75) is 6.54 Å². The Morgan fingerprint density at radius 1 is 1.30 bits per heavy atom. The highest BCUT2D eigenvalue weighted by Crippen LogP contribution is 2.32. The van der Waals surface area contributed by atoms with Crippen LogP contribution in [-0.4, -0.2) is 43.9 Å². The smallest absolute Gasteiger partial charge is 0.263 e. The number of carbonyl (C=O) groups is 1. The minimum atomic E-state index is -0.392. The summed E-state index contributed by atoms with van der Waals surface area (Å²) in [4.78, 5) is 14.1. The SMILES string of the molecule is N#C/C(=C/N1CCOCC1)C(=O)NCc1ccc2c(c1)OCO2. The number of nitrogens with one attached hydrogen (secondary N) is 1. The van der Waals surface area contributed by atoms with Gasteiger partial charge in [-0.05, 0) is 17.7 Å². The van der Waals surface area contributed by atoms with Gasteiger partial charge < -0.3 is 24.4 Å². The Bertz CT molecular complexity index is 660. The maximum Gasteiger partial charge on any atom is 0.263 e.